The first-order valence-electron chi connectivity index (χ1n) is 3.06. The van der Waals surface area contributed by atoms with Gasteiger partial charge in [0.05, 0.1) is 6.10 Å². The van der Waals surface area contributed by atoms with Gasteiger partial charge in [-0.3, -0.25) is 0 Å². The van der Waals surface area contributed by atoms with Gasteiger partial charge in [0.1, 0.15) is 0 Å². The Balaban J connectivity index is 3.73. The molecule has 0 N–H and O–H groups in total. The molecule has 0 rings (SSSR count). The standard InChI is InChI=1S/C6H11F3O/c1-4(2)10-5(3)6(7,8)9/h4-5H,1-3H3/t5-/m1/s1. The maximum Gasteiger partial charge on any atom is 0.414 e. The van der Waals surface area contributed by atoms with Crippen LogP contribution in [0.4, 0.5) is 13.2 Å². The number of hydrogen-bond donors (Lipinski definition) is 0. The molecule has 1 nitrogen and oxygen atoms in total. The highest BCUT2D eigenvalue weighted by Crippen LogP contribution is 2.22. The predicted molar refractivity (Wildman–Crippen MR) is 31.7 cm³/mol. The molecule has 62 valence electrons. The van der Waals surface area contributed by atoms with Crippen LogP contribution in [0.3, 0.4) is 0 Å². The van der Waals surface area contributed by atoms with Crippen molar-refractivity contribution in [1.82, 2.24) is 0 Å². The van der Waals surface area contributed by atoms with Crippen LogP contribution in [0.2, 0.25) is 0 Å². The van der Waals surface area contributed by atoms with Crippen LogP contribution in [-0.4, -0.2) is 18.4 Å². The van der Waals surface area contributed by atoms with E-state index in [-0.39, 0.29) is 6.10 Å². The molecular formula is C6H11F3O. The molecule has 0 aromatic rings. The minimum atomic E-state index is -4.23. The Morgan fingerprint density at radius 3 is 1.60 bits per heavy atom. The minimum Gasteiger partial charge on any atom is -0.366 e. The lowest BCUT2D eigenvalue weighted by Gasteiger charge is -2.18. The van der Waals surface area contributed by atoms with Gasteiger partial charge >= 0.3 is 6.18 Å². The first kappa shape index (κ1) is 9.75. The van der Waals surface area contributed by atoms with E-state index in [0.717, 1.165) is 6.92 Å². The third-order valence-corrected chi connectivity index (χ3v) is 0.937. The number of alkyl halides is 3. The Morgan fingerprint density at radius 1 is 1.10 bits per heavy atom. The molecule has 0 aromatic heterocycles. The Kier molecular flexibility index (Phi) is 3.15. The second-order valence-electron chi connectivity index (χ2n) is 2.37. The fourth-order valence-electron chi connectivity index (χ4n) is 0.485. The third kappa shape index (κ3) is 3.71. The second-order valence-corrected chi connectivity index (χ2v) is 2.37. The second kappa shape index (κ2) is 3.23. The molecule has 10 heavy (non-hydrogen) atoms. The van der Waals surface area contributed by atoms with Gasteiger partial charge in [-0.2, -0.15) is 13.2 Å². The van der Waals surface area contributed by atoms with E-state index in [1.165, 1.54) is 0 Å². The van der Waals surface area contributed by atoms with Crippen molar-refractivity contribution < 1.29 is 17.9 Å². The van der Waals surface area contributed by atoms with Crippen molar-refractivity contribution in [1.29, 1.82) is 0 Å². The van der Waals surface area contributed by atoms with Gasteiger partial charge in [-0.25, -0.2) is 0 Å². The topological polar surface area (TPSA) is 9.23 Å². The average Bonchev–Trinajstić information content (AvgIpc) is 1.60. The van der Waals surface area contributed by atoms with E-state index in [9.17, 15) is 13.2 Å². The first-order valence-corrected chi connectivity index (χ1v) is 3.06. The normalized spacial score (nSPS) is 15.9. The number of hydrogen-bond acceptors (Lipinski definition) is 1. The van der Waals surface area contributed by atoms with Crippen molar-refractivity contribution in [2.75, 3.05) is 0 Å². The largest absolute Gasteiger partial charge is 0.414 e. The maximum absolute atomic E-state index is 11.7. The van der Waals surface area contributed by atoms with E-state index in [4.69, 9.17) is 0 Å². The van der Waals surface area contributed by atoms with Gasteiger partial charge in [-0.1, -0.05) is 0 Å². The molecule has 0 spiro atoms. The van der Waals surface area contributed by atoms with Gasteiger partial charge in [0.15, 0.2) is 6.10 Å². The Labute approximate surface area is 58.2 Å². The molecule has 0 amide bonds. The van der Waals surface area contributed by atoms with Gasteiger partial charge in [0.25, 0.3) is 0 Å². The molecule has 1 atom stereocenters. The van der Waals surface area contributed by atoms with E-state index >= 15 is 0 Å². The number of rotatable bonds is 2. The van der Waals surface area contributed by atoms with E-state index in [1.807, 2.05) is 0 Å². The highest BCUT2D eigenvalue weighted by molar-refractivity contribution is 4.61. The van der Waals surface area contributed by atoms with E-state index < -0.39 is 12.3 Å². The van der Waals surface area contributed by atoms with Crippen molar-refractivity contribution in [3.05, 3.63) is 0 Å². The lowest BCUT2D eigenvalue weighted by Crippen LogP contribution is -2.30. The van der Waals surface area contributed by atoms with Crippen LogP contribution in [0.15, 0.2) is 0 Å². The quantitative estimate of drug-likeness (QED) is 0.596. The summed E-state index contributed by atoms with van der Waals surface area (Å²) in [7, 11) is 0. The van der Waals surface area contributed by atoms with Crippen molar-refractivity contribution in [2.24, 2.45) is 0 Å². The first-order chi connectivity index (χ1) is 4.34. The van der Waals surface area contributed by atoms with Gasteiger partial charge in [-0.15, -0.1) is 0 Å². The molecule has 4 heteroatoms. The molecule has 0 unspecified atom stereocenters. The molecule has 0 fully saturated rings. The maximum atomic E-state index is 11.7. The van der Waals surface area contributed by atoms with Gasteiger partial charge in [-0.05, 0) is 20.8 Å². The molecule has 0 saturated heterocycles. The van der Waals surface area contributed by atoms with Gasteiger partial charge in [0, 0.05) is 0 Å². The molecule has 0 bridgehead atoms. The Morgan fingerprint density at radius 2 is 1.50 bits per heavy atom. The van der Waals surface area contributed by atoms with Crippen LogP contribution >= 0.6 is 0 Å². The minimum absolute atomic E-state index is 0.378. The molecule has 0 aromatic carbocycles. The van der Waals surface area contributed by atoms with Crippen LogP contribution in [0, 0.1) is 0 Å². The summed E-state index contributed by atoms with van der Waals surface area (Å²) in [5, 5.41) is 0. The Hall–Kier alpha value is -0.250. The zero-order valence-electron chi connectivity index (χ0n) is 6.20. The lowest BCUT2D eigenvalue weighted by atomic mass is 10.4. The smallest absolute Gasteiger partial charge is 0.366 e. The summed E-state index contributed by atoms with van der Waals surface area (Å²) < 4.78 is 39.5. The molecule has 0 aliphatic heterocycles. The molecule has 0 aliphatic rings. The summed E-state index contributed by atoms with van der Waals surface area (Å²) in [6.45, 7) is 4.14. The summed E-state index contributed by atoms with van der Waals surface area (Å²) >= 11 is 0. The highest BCUT2D eigenvalue weighted by Gasteiger charge is 2.37. The van der Waals surface area contributed by atoms with Crippen LogP contribution in [0.5, 0.6) is 0 Å². The summed E-state index contributed by atoms with van der Waals surface area (Å²) in [6, 6.07) is 0. The van der Waals surface area contributed by atoms with Crippen LogP contribution in [0.25, 0.3) is 0 Å². The summed E-state index contributed by atoms with van der Waals surface area (Å²) in [6.07, 6.45) is -6.27. The third-order valence-electron chi connectivity index (χ3n) is 0.937. The fourth-order valence-corrected chi connectivity index (χ4v) is 0.485. The summed E-state index contributed by atoms with van der Waals surface area (Å²) in [5.41, 5.74) is 0. The molecular weight excluding hydrogens is 145 g/mol. The van der Waals surface area contributed by atoms with Crippen LogP contribution in [-0.2, 0) is 4.74 Å². The summed E-state index contributed by atoms with van der Waals surface area (Å²) in [4.78, 5) is 0. The predicted octanol–water partition coefficient (Wildman–Crippen LogP) is 2.36. The van der Waals surface area contributed by atoms with E-state index in [1.54, 1.807) is 13.8 Å². The van der Waals surface area contributed by atoms with Crippen LogP contribution < -0.4 is 0 Å². The van der Waals surface area contributed by atoms with Crippen molar-refractivity contribution in [2.45, 2.75) is 39.2 Å². The van der Waals surface area contributed by atoms with E-state index in [0.29, 0.717) is 0 Å². The number of ether oxygens (including phenoxy) is 1. The zero-order valence-corrected chi connectivity index (χ0v) is 6.20. The molecule has 0 radical (unpaired) electrons. The fraction of sp³-hybridized carbons (Fsp3) is 1.00. The monoisotopic (exact) mass is 156 g/mol. The van der Waals surface area contributed by atoms with Crippen LogP contribution in [0.1, 0.15) is 20.8 Å². The lowest BCUT2D eigenvalue weighted by molar-refractivity contribution is -0.223. The van der Waals surface area contributed by atoms with Crippen molar-refractivity contribution in [3.8, 4) is 0 Å². The van der Waals surface area contributed by atoms with Crippen molar-refractivity contribution in [3.63, 3.8) is 0 Å². The number of halogens is 3. The zero-order chi connectivity index (χ0) is 8.36. The highest BCUT2D eigenvalue weighted by atomic mass is 19.4. The Bertz CT molecular complexity index is 97.7. The van der Waals surface area contributed by atoms with Gasteiger partial charge < -0.3 is 4.74 Å². The van der Waals surface area contributed by atoms with Crippen molar-refractivity contribution >= 4 is 0 Å². The molecule has 0 aliphatic carbocycles. The van der Waals surface area contributed by atoms with E-state index in [2.05, 4.69) is 4.74 Å². The molecule has 0 heterocycles. The average molecular weight is 156 g/mol. The van der Waals surface area contributed by atoms with Gasteiger partial charge in [0.2, 0.25) is 0 Å². The summed E-state index contributed by atoms with van der Waals surface area (Å²) in [5.74, 6) is 0. The SMILES string of the molecule is CC(C)O[C@H](C)C(F)(F)F. The molecule has 0 saturated carbocycles.